The zero-order valence-corrected chi connectivity index (χ0v) is 6.85. The van der Waals surface area contributed by atoms with Crippen molar-refractivity contribution in [1.82, 2.24) is 0 Å². The molecule has 0 fully saturated rings. The molecule has 72 valence electrons. The van der Waals surface area contributed by atoms with E-state index >= 15 is 0 Å². The van der Waals surface area contributed by atoms with Gasteiger partial charge in [0, 0.05) is 0 Å². The molecular formula is C7H11F3O2. The highest BCUT2D eigenvalue weighted by Crippen LogP contribution is 2.31. The Morgan fingerprint density at radius 3 is 1.92 bits per heavy atom. The summed E-state index contributed by atoms with van der Waals surface area (Å²) >= 11 is 0. The smallest absolute Gasteiger partial charge is 0.402 e. The minimum Gasteiger partial charge on any atom is -0.481 e. The molecule has 0 aliphatic heterocycles. The number of aliphatic carboxylic acids is 1. The Morgan fingerprint density at radius 1 is 1.42 bits per heavy atom. The van der Waals surface area contributed by atoms with Crippen molar-refractivity contribution in [2.75, 3.05) is 0 Å². The monoisotopic (exact) mass is 184 g/mol. The predicted molar refractivity (Wildman–Crippen MR) is 36.6 cm³/mol. The summed E-state index contributed by atoms with van der Waals surface area (Å²) < 4.78 is 35.9. The van der Waals surface area contributed by atoms with Gasteiger partial charge in [0.25, 0.3) is 0 Å². The Labute approximate surface area is 68.4 Å². The fraction of sp³-hybridized carbons (Fsp3) is 0.857. The van der Waals surface area contributed by atoms with Gasteiger partial charge in [-0.15, -0.1) is 0 Å². The summed E-state index contributed by atoms with van der Waals surface area (Å²) in [6.45, 7) is 3.11. The van der Waals surface area contributed by atoms with Crippen molar-refractivity contribution in [3.63, 3.8) is 0 Å². The summed E-state index contributed by atoms with van der Waals surface area (Å²) in [7, 11) is 0. The Bertz CT molecular complexity index is 163. The van der Waals surface area contributed by atoms with Crippen molar-refractivity contribution < 1.29 is 23.1 Å². The lowest BCUT2D eigenvalue weighted by Gasteiger charge is -2.17. The van der Waals surface area contributed by atoms with Gasteiger partial charge in [-0.05, 0) is 12.3 Å². The van der Waals surface area contributed by atoms with Crippen LogP contribution in [0.5, 0.6) is 0 Å². The van der Waals surface area contributed by atoms with E-state index in [4.69, 9.17) is 5.11 Å². The predicted octanol–water partition coefficient (Wildman–Crippen LogP) is 2.30. The highest BCUT2D eigenvalue weighted by atomic mass is 19.4. The van der Waals surface area contributed by atoms with Gasteiger partial charge in [-0.3, -0.25) is 4.79 Å². The molecule has 0 aliphatic carbocycles. The number of hydrogen-bond acceptors (Lipinski definition) is 1. The van der Waals surface area contributed by atoms with Crippen LogP contribution in [-0.4, -0.2) is 17.3 Å². The number of carbonyl (C=O) groups is 1. The second kappa shape index (κ2) is 3.78. The topological polar surface area (TPSA) is 37.3 Å². The van der Waals surface area contributed by atoms with Gasteiger partial charge in [-0.2, -0.15) is 13.2 Å². The molecule has 0 saturated heterocycles. The molecule has 0 saturated carbocycles. The quantitative estimate of drug-likeness (QED) is 0.730. The van der Waals surface area contributed by atoms with Crippen LogP contribution >= 0.6 is 0 Å². The molecule has 12 heavy (non-hydrogen) atoms. The Balaban J connectivity index is 4.35. The van der Waals surface area contributed by atoms with Crippen LogP contribution in [0.15, 0.2) is 0 Å². The van der Waals surface area contributed by atoms with Crippen LogP contribution in [0.4, 0.5) is 13.2 Å². The van der Waals surface area contributed by atoms with Gasteiger partial charge >= 0.3 is 12.1 Å². The summed E-state index contributed by atoms with van der Waals surface area (Å²) in [4.78, 5) is 10.2. The summed E-state index contributed by atoms with van der Waals surface area (Å²) in [5.41, 5.74) is 0. The molecule has 0 aliphatic rings. The fourth-order valence-corrected chi connectivity index (χ4v) is 0.846. The molecule has 1 N–H and O–H groups in total. The fourth-order valence-electron chi connectivity index (χ4n) is 0.846. The molecule has 0 radical (unpaired) electrons. The Hall–Kier alpha value is -0.740. The largest absolute Gasteiger partial charge is 0.481 e. The van der Waals surface area contributed by atoms with Crippen LogP contribution in [0, 0.1) is 11.8 Å². The SMILES string of the molecule is CC(C)CC(C(=O)O)C(F)(F)F. The van der Waals surface area contributed by atoms with E-state index in [0.717, 1.165) is 0 Å². The first-order valence-electron chi connectivity index (χ1n) is 3.54. The van der Waals surface area contributed by atoms with E-state index in [0.29, 0.717) is 0 Å². The standard InChI is InChI=1S/C7H11F3O2/c1-4(2)3-5(6(11)12)7(8,9)10/h4-5H,3H2,1-2H3,(H,11,12). The maximum atomic E-state index is 12.0. The molecule has 0 aromatic carbocycles. The van der Waals surface area contributed by atoms with Gasteiger partial charge in [0.1, 0.15) is 0 Å². The van der Waals surface area contributed by atoms with Crippen molar-refractivity contribution in [3.05, 3.63) is 0 Å². The molecule has 0 aromatic rings. The number of carboxylic acids is 1. The normalized spacial score (nSPS) is 14.8. The molecule has 0 amide bonds. The number of carboxylic acid groups (broad SMARTS) is 1. The van der Waals surface area contributed by atoms with E-state index in [1.165, 1.54) is 0 Å². The van der Waals surface area contributed by atoms with E-state index in [2.05, 4.69) is 0 Å². The van der Waals surface area contributed by atoms with Gasteiger partial charge in [-0.1, -0.05) is 13.8 Å². The molecule has 1 atom stereocenters. The van der Waals surface area contributed by atoms with E-state index in [1.54, 1.807) is 13.8 Å². The van der Waals surface area contributed by atoms with Crippen molar-refractivity contribution >= 4 is 5.97 Å². The average Bonchev–Trinajstić information content (AvgIpc) is 1.79. The van der Waals surface area contributed by atoms with Gasteiger partial charge < -0.3 is 5.11 Å². The summed E-state index contributed by atoms with van der Waals surface area (Å²) in [5, 5.41) is 8.24. The molecule has 1 unspecified atom stereocenters. The first-order valence-corrected chi connectivity index (χ1v) is 3.54. The number of alkyl halides is 3. The lowest BCUT2D eigenvalue weighted by atomic mass is 9.97. The van der Waals surface area contributed by atoms with Crippen molar-refractivity contribution in [2.24, 2.45) is 11.8 Å². The molecule has 0 rings (SSSR count). The van der Waals surface area contributed by atoms with Crippen LogP contribution in [0.3, 0.4) is 0 Å². The molecule has 0 aromatic heterocycles. The summed E-state index contributed by atoms with van der Waals surface area (Å²) in [6, 6.07) is 0. The summed E-state index contributed by atoms with van der Waals surface area (Å²) in [5.74, 6) is -4.29. The second-order valence-corrected chi connectivity index (χ2v) is 3.06. The zero-order chi connectivity index (χ0) is 9.94. The molecule has 2 nitrogen and oxygen atoms in total. The number of halogens is 3. The average molecular weight is 184 g/mol. The van der Waals surface area contributed by atoms with Crippen LogP contribution in [-0.2, 0) is 4.79 Å². The van der Waals surface area contributed by atoms with E-state index in [9.17, 15) is 18.0 Å². The molecule has 0 heterocycles. The van der Waals surface area contributed by atoms with E-state index in [1.807, 2.05) is 0 Å². The van der Waals surface area contributed by atoms with Crippen LogP contribution in [0.2, 0.25) is 0 Å². The first kappa shape index (κ1) is 11.3. The third-order valence-corrected chi connectivity index (χ3v) is 1.40. The van der Waals surface area contributed by atoms with E-state index < -0.39 is 18.1 Å². The van der Waals surface area contributed by atoms with Crippen molar-refractivity contribution in [1.29, 1.82) is 0 Å². The van der Waals surface area contributed by atoms with E-state index in [-0.39, 0.29) is 12.3 Å². The van der Waals surface area contributed by atoms with Crippen molar-refractivity contribution in [3.8, 4) is 0 Å². The lowest BCUT2D eigenvalue weighted by Crippen LogP contribution is -2.31. The van der Waals surface area contributed by atoms with Crippen LogP contribution in [0.25, 0.3) is 0 Å². The molecular weight excluding hydrogens is 173 g/mol. The Kier molecular flexibility index (Phi) is 3.55. The van der Waals surface area contributed by atoms with Gasteiger partial charge in [-0.25, -0.2) is 0 Å². The van der Waals surface area contributed by atoms with Crippen LogP contribution < -0.4 is 0 Å². The first-order chi connectivity index (χ1) is 5.25. The van der Waals surface area contributed by atoms with Crippen molar-refractivity contribution in [2.45, 2.75) is 26.4 Å². The maximum Gasteiger partial charge on any atom is 0.402 e. The molecule has 0 spiro atoms. The Morgan fingerprint density at radius 2 is 1.83 bits per heavy atom. The van der Waals surface area contributed by atoms with Gasteiger partial charge in [0.15, 0.2) is 5.92 Å². The van der Waals surface area contributed by atoms with Gasteiger partial charge in [0.2, 0.25) is 0 Å². The molecule has 0 bridgehead atoms. The van der Waals surface area contributed by atoms with Crippen LogP contribution in [0.1, 0.15) is 20.3 Å². The summed E-state index contributed by atoms with van der Waals surface area (Å²) in [6.07, 6.45) is -4.99. The third-order valence-electron chi connectivity index (χ3n) is 1.40. The maximum absolute atomic E-state index is 12.0. The minimum atomic E-state index is -4.63. The highest BCUT2D eigenvalue weighted by molar-refractivity contribution is 5.70. The third kappa shape index (κ3) is 3.59. The minimum absolute atomic E-state index is 0.271. The van der Waals surface area contributed by atoms with Gasteiger partial charge in [0.05, 0.1) is 0 Å². The lowest BCUT2D eigenvalue weighted by molar-refractivity contribution is -0.196. The zero-order valence-electron chi connectivity index (χ0n) is 6.85. The molecule has 5 heteroatoms. The highest BCUT2D eigenvalue weighted by Gasteiger charge is 2.44. The number of rotatable bonds is 3. The number of hydrogen-bond donors (Lipinski definition) is 1. The second-order valence-electron chi connectivity index (χ2n) is 3.06.